The molecule has 1 aromatic carbocycles. The van der Waals surface area contributed by atoms with Crippen molar-refractivity contribution in [2.75, 3.05) is 19.7 Å². The maximum Gasteiger partial charge on any atom is 0.257 e. The van der Waals surface area contributed by atoms with Crippen LogP contribution in [0.15, 0.2) is 51.9 Å². The summed E-state index contributed by atoms with van der Waals surface area (Å²) in [5.41, 5.74) is 4.85. The molecule has 1 fully saturated rings. The van der Waals surface area contributed by atoms with E-state index in [0.717, 1.165) is 22.1 Å². The molecule has 8 nitrogen and oxygen atoms in total. The Morgan fingerprint density at radius 2 is 2.00 bits per heavy atom. The zero-order chi connectivity index (χ0) is 21.4. The zero-order valence-electron chi connectivity index (χ0n) is 17.4. The molecule has 4 heterocycles. The molecule has 1 atom stereocenters. The van der Waals surface area contributed by atoms with E-state index in [9.17, 15) is 4.79 Å². The van der Waals surface area contributed by atoms with E-state index in [1.54, 1.807) is 23.6 Å². The zero-order valence-corrected chi connectivity index (χ0v) is 17.4. The van der Waals surface area contributed by atoms with Gasteiger partial charge >= 0.3 is 0 Å². The van der Waals surface area contributed by atoms with E-state index in [1.165, 1.54) is 11.1 Å². The highest BCUT2D eigenvalue weighted by molar-refractivity contribution is 5.88. The van der Waals surface area contributed by atoms with Crippen molar-refractivity contribution < 1.29 is 18.5 Å². The second-order valence-corrected chi connectivity index (χ2v) is 7.76. The molecular weight excluding hydrogens is 396 g/mol. The van der Waals surface area contributed by atoms with Gasteiger partial charge < -0.3 is 18.6 Å². The van der Waals surface area contributed by atoms with E-state index in [2.05, 4.69) is 28.1 Å². The Bertz CT molecular complexity index is 1230. The maximum absolute atomic E-state index is 13.0. The molecule has 4 aromatic rings. The minimum atomic E-state index is -0.452. The number of morpholine rings is 1. The molecule has 1 aliphatic rings. The molecule has 0 saturated carbocycles. The van der Waals surface area contributed by atoms with Crippen LogP contribution >= 0.6 is 0 Å². The summed E-state index contributed by atoms with van der Waals surface area (Å²) in [6.45, 7) is 5.41. The maximum atomic E-state index is 13.0. The van der Waals surface area contributed by atoms with Gasteiger partial charge in [-0.25, -0.2) is 0 Å². The van der Waals surface area contributed by atoms with Gasteiger partial charge in [-0.15, -0.1) is 0 Å². The molecule has 0 N–H and O–H groups in total. The Balaban J connectivity index is 1.30. The Morgan fingerprint density at radius 1 is 1.19 bits per heavy atom. The van der Waals surface area contributed by atoms with Crippen LogP contribution in [-0.4, -0.2) is 45.6 Å². The van der Waals surface area contributed by atoms with E-state index < -0.39 is 6.10 Å². The molecule has 1 unspecified atom stereocenters. The first-order valence-electron chi connectivity index (χ1n) is 10.2. The number of fused-ring (bicyclic) bond motifs is 1. The van der Waals surface area contributed by atoms with Gasteiger partial charge in [0.25, 0.3) is 5.89 Å². The first-order valence-corrected chi connectivity index (χ1v) is 10.2. The molecule has 0 radical (unpaired) electrons. The van der Waals surface area contributed by atoms with Crippen molar-refractivity contribution in [1.82, 2.24) is 20.0 Å². The number of carbonyl (C=O) groups excluding carboxylic acids is 1. The average Bonchev–Trinajstić information content (AvgIpc) is 3.43. The molecule has 3 aromatic heterocycles. The summed E-state index contributed by atoms with van der Waals surface area (Å²) >= 11 is 0. The number of ether oxygens (including phenoxy) is 1. The predicted octanol–water partition coefficient (Wildman–Crippen LogP) is 3.64. The standard InChI is InChI=1S/C23H22N4O4/c1-14-9-18-17(13-30-19(18)10-15(14)2)11-21(28)27-7-8-29-20(12-27)23-25-22(26-31-23)16-3-5-24-6-4-16/h3-6,9-10,13,20H,7-8,11-12H2,1-2H3. The highest BCUT2D eigenvalue weighted by Gasteiger charge is 2.30. The summed E-state index contributed by atoms with van der Waals surface area (Å²) in [7, 11) is 0. The quantitative estimate of drug-likeness (QED) is 0.499. The van der Waals surface area contributed by atoms with Gasteiger partial charge in [0, 0.05) is 35.5 Å². The van der Waals surface area contributed by atoms with Crippen LogP contribution in [-0.2, 0) is 16.0 Å². The minimum absolute atomic E-state index is 0.0168. The van der Waals surface area contributed by atoms with Gasteiger partial charge in [0.2, 0.25) is 11.7 Å². The third-order valence-electron chi connectivity index (χ3n) is 5.69. The number of hydrogen-bond acceptors (Lipinski definition) is 7. The minimum Gasteiger partial charge on any atom is -0.464 e. The van der Waals surface area contributed by atoms with Crippen LogP contribution in [0.4, 0.5) is 0 Å². The van der Waals surface area contributed by atoms with Crippen LogP contribution in [0.3, 0.4) is 0 Å². The first-order chi connectivity index (χ1) is 15.1. The van der Waals surface area contributed by atoms with Gasteiger partial charge in [-0.2, -0.15) is 4.98 Å². The van der Waals surface area contributed by atoms with Crippen molar-refractivity contribution in [1.29, 1.82) is 0 Å². The molecule has 1 aliphatic heterocycles. The highest BCUT2D eigenvalue weighted by atomic mass is 16.5. The molecule has 158 valence electrons. The molecule has 5 rings (SSSR count). The third-order valence-corrected chi connectivity index (χ3v) is 5.69. The number of aryl methyl sites for hydroxylation is 2. The Hall–Kier alpha value is -3.52. The van der Waals surface area contributed by atoms with Crippen LogP contribution in [0, 0.1) is 13.8 Å². The second kappa shape index (κ2) is 7.96. The largest absolute Gasteiger partial charge is 0.464 e. The van der Waals surface area contributed by atoms with Crippen molar-refractivity contribution in [2.24, 2.45) is 0 Å². The number of pyridine rings is 1. The summed E-state index contributed by atoms with van der Waals surface area (Å²) < 4.78 is 16.9. The number of amides is 1. The first kappa shape index (κ1) is 19.4. The van der Waals surface area contributed by atoms with Crippen LogP contribution in [0.25, 0.3) is 22.4 Å². The van der Waals surface area contributed by atoms with Crippen LogP contribution in [0.2, 0.25) is 0 Å². The van der Waals surface area contributed by atoms with Gasteiger partial charge in [0.1, 0.15) is 5.58 Å². The summed E-state index contributed by atoms with van der Waals surface area (Å²) in [6, 6.07) is 7.71. The lowest BCUT2D eigenvalue weighted by atomic mass is 10.0. The molecule has 0 spiro atoms. The van der Waals surface area contributed by atoms with Crippen molar-refractivity contribution in [3.8, 4) is 11.4 Å². The van der Waals surface area contributed by atoms with Crippen molar-refractivity contribution in [3.05, 3.63) is 65.5 Å². The SMILES string of the molecule is Cc1cc2occ(CC(=O)N3CCOC(c4nc(-c5ccncc5)no4)C3)c2cc1C. The number of carbonyl (C=O) groups is 1. The summed E-state index contributed by atoms with van der Waals surface area (Å²) in [5, 5.41) is 5.02. The van der Waals surface area contributed by atoms with E-state index in [4.69, 9.17) is 13.7 Å². The summed E-state index contributed by atoms with van der Waals surface area (Å²) in [5.74, 6) is 0.854. The van der Waals surface area contributed by atoms with E-state index >= 15 is 0 Å². The number of hydrogen-bond donors (Lipinski definition) is 0. The molecular formula is C23H22N4O4. The normalized spacial score (nSPS) is 16.7. The number of benzene rings is 1. The Labute approximate surface area is 178 Å². The number of aromatic nitrogens is 3. The van der Waals surface area contributed by atoms with Gasteiger partial charge in [0.15, 0.2) is 6.10 Å². The van der Waals surface area contributed by atoms with Crippen LogP contribution < -0.4 is 0 Å². The second-order valence-electron chi connectivity index (χ2n) is 7.76. The Kier molecular flexibility index (Phi) is 4.99. The van der Waals surface area contributed by atoms with Gasteiger partial charge in [-0.1, -0.05) is 5.16 Å². The van der Waals surface area contributed by atoms with Crippen LogP contribution in [0.1, 0.15) is 28.7 Å². The lowest BCUT2D eigenvalue weighted by molar-refractivity contribution is -0.139. The molecule has 0 aliphatic carbocycles. The number of furan rings is 1. The fraction of sp³-hybridized carbons (Fsp3) is 0.304. The Morgan fingerprint density at radius 3 is 2.84 bits per heavy atom. The van der Waals surface area contributed by atoms with Crippen molar-refractivity contribution in [3.63, 3.8) is 0 Å². The molecule has 1 saturated heterocycles. The fourth-order valence-electron chi connectivity index (χ4n) is 3.76. The third kappa shape index (κ3) is 3.82. The summed E-state index contributed by atoms with van der Waals surface area (Å²) in [6.07, 6.45) is 4.84. The average molecular weight is 418 g/mol. The molecule has 31 heavy (non-hydrogen) atoms. The van der Waals surface area contributed by atoms with Crippen LogP contribution in [0.5, 0.6) is 0 Å². The number of nitrogens with zero attached hydrogens (tertiary/aromatic N) is 4. The molecule has 8 heteroatoms. The van der Waals surface area contributed by atoms with E-state index in [0.29, 0.717) is 31.4 Å². The topological polar surface area (TPSA) is 94.5 Å². The monoisotopic (exact) mass is 418 g/mol. The lowest BCUT2D eigenvalue weighted by Crippen LogP contribution is -2.43. The predicted molar refractivity (Wildman–Crippen MR) is 112 cm³/mol. The van der Waals surface area contributed by atoms with E-state index in [1.807, 2.05) is 25.1 Å². The smallest absolute Gasteiger partial charge is 0.257 e. The molecule has 0 bridgehead atoms. The lowest BCUT2D eigenvalue weighted by Gasteiger charge is -2.31. The highest BCUT2D eigenvalue weighted by Crippen LogP contribution is 2.27. The van der Waals surface area contributed by atoms with Gasteiger partial charge in [-0.3, -0.25) is 9.78 Å². The molecule has 1 amide bonds. The number of rotatable bonds is 4. The fourth-order valence-corrected chi connectivity index (χ4v) is 3.76. The van der Waals surface area contributed by atoms with Gasteiger partial charge in [0.05, 0.1) is 25.8 Å². The van der Waals surface area contributed by atoms with Crippen molar-refractivity contribution in [2.45, 2.75) is 26.4 Å². The van der Waals surface area contributed by atoms with E-state index in [-0.39, 0.29) is 12.3 Å². The summed E-state index contributed by atoms with van der Waals surface area (Å²) in [4.78, 5) is 23.2. The van der Waals surface area contributed by atoms with Crippen molar-refractivity contribution >= 4 is 16.9 Å². The van der Waals surface area contributed by atoms with Gasteiger partial charge in [-0.05, 0) is 49.2 Å².